The molecule has 0 spiro atoms. The summed E-state index contributed by atoms with van der Waals surface area (Å²) in [6.45, 7) is 4.01. The van der Waals surface area contributed by atoms with Crippen molar-refractivity contribution in [2.45, 2.75) is 18.9 Å². The summed E-state index contributed by atoms with van der Waals surface area (Å²) >= 11 is 6.22. The normalized spacial score (nSPS) is 18.3. The van der Waals surface area contributed by atoms with Gasteiger partial charge in [-0.3, -0.25) is 9.69 Å². The molecule has 1 fully saturated rings. The molecule has 1 saturated heterocycles. The molecule has 32 heavy (non-hydrogen) atoms. The number of ether oxygens (including phenoxy) is 1. The Morgan fingerprint density at radius 3 is 2.66 bits per heavy atom. The number of piperazine rings is 1. The highest BCUT2D eigenvalue weighted by molar-refractivity contribution is 6.35. The van der Waals surface area contributed by atoms with Crippen molar-refractivity contribution in [2.24, 2.45) is 0 Å². The minimum atomic E-state index is -0.217. The van der Waals surface area contributed by atoms with E-state index < -0.39 is 0 Å². The highest BCUT2D eigenvalue weighted by Crippen LogP contribution is 2.33. The third-order valence-corrected chi connectivity index (χ3v) is 6.53. The largest absolute Gasteiger partial charge is 0.454 e. The van der Waals surface area contributed by atoms with E-state index in [4.69, 9.17) is 16.3 Å². The van der Waals surface area contributed by atoms with Gasteiger partial charge in [0.2, 0.25) is 0 Å². The van der Waals surface area contributed by atoms with Crippen molar-refractivity contribution < 1.29 is 14.3 Å². The van der Waals surface area contributed by atoms with Gasteiger partial charge in [-0.2, -0.15) is 0 Å². The van der Waals surface area contributed by atoms with E-state index in [1.165, 1.54) is 0 Å². The molecule has 0 unspecified atom stereocenters. The third-order valence-electron chi connectivity index (χ3n) is 6.21. The lowest BCUT2D eigenvalue weighted by Gasteiger charge is -2.34. The molecule has 2 aromatic carbocycles. The van der Waals surface area contributed by atoms with Crippen LogP contribution in [-0.2, 0) is 4.74 Å². The highest BCUT2D eigenvalue weighted by atomic mass is 35.5. The first-order valence-electron chi connectivity index (χ1n) is 10.7. The van der Waals surface area contributed by atoms with Crippen molar-refractivity contribution in [1.29, 1.82) is 0 Å². The fourth-order valence-electron chi connectivity index (χ4n) is 4.51. The summed E-state index contributed by atoms with van der Waals surface area (Å²) in [7, 11) is 0. The summed E-state index contributed by atoms with van der Waals surface area (Å²) < 4.78 is 5.53. The zero-order chi connectivity index (χ0) is 21.4. The van der Waals surface area contributed by atoms with E-state index in [-0.39, 0.29) is 30.4 Å². The number of benzene rings is 2. The molecule has 2 aliphatic rings. The number of hydrogen-bond donors (Lipinski definition) is 1. The summed E-state index contributed by atoms with van der Waals surface area (Å²) in [6.07, 6.45) is 1.62. The average Bonchev–Trinajstić information content (AvgIpc) is 3.37. The molecule has 6 nitrogen and oxygen atoms in total. The maximum atomic E-state index is 12.9. The van der Waals surface area contributed by atoms with Crippen LogP contribution in [0, 0.1) is 0 Å². The molecule has 1 aromatic heterocycles. The summed E-state index contributed by atoms with van der Waals surface area (Å²) in [5, 5.41) is 1.57. The molecule has 3 aromatic rings. The molecule has 0 aliphatic carbocycles. The number of aromatic amines is 1. The minimum absolute atomic E-state index is 0. The van der Waals surface area contributed by atoms with Crippen LogP contribution in [0.15, 0.2) is 48.5 Å². The van der Waals surface area contributed by atoms with Crippen molar-refractivity contribution in [3.8, 4) is 0 Å². The fraction of sp³-hybridized carbons (Fsp3) is 0.333. The second-order valence-corrected chi connectivity index (χ2v) is 8.55. The van der Waals surface area contributed by atoms with E-state index >= 15 is 0 Å². The van der Waals surface area contributed by atoms with Gasteiger partial charge in [-0.25, -0.2) is 4.79 Å². The number of carbonyl (C=O) groups is 2. The third kappa shape index (κ3) is 4.35. The molecule has 1 amide bonds. The quantitative estimate of drug-likeness (QED) is 0.545. The van der Waals surface area contributed by atoms with Crippen LogP contribution in [0.25, 0.3) is 10.9 Å². The number of esters is 1. The number of amides is 1. The van der Waals surface area contributed by atoms with Gasteiger partial charge in [0.05, 0.1) is 16.1 Å². The molecule has 0 bridgehead atoms. The van der Waals surface area contributed by atoms with Crippen molar-refractivity contribution in [1.82, 2.24) is 14.8 Å². The zero-order valence-electron chi connectivity index (χ0n) is 17.6. The number of rotatable bonds is 5. The number of nitrogens with zero attached hydrogens (tertiary/aromatic N) is 2. The second-order valence-electron chi connectivity index (χ2n) is 8.14. The second kappa shape index (κ2) is 9.53. The Hall–Kier alpha value is -2.54. The SMILES string of the molecule is Cl.O=C1O[C@@H](CCCN2CCN(C(=O)c3cc4cccc(Cl)c4[nH]3)CC2)c2ccccc21. The Balaban J connectivity index is 0.00000245. The molecular formula is C24H25Cl2N3O3. The van der Waals surface area contributed by atoms with Crippen LogP contribution in [0.1, 0.15) is 45.4 Å². The number of nitrogens with one attached hydrogen (secondary N) is 1. The molecule has 1 atom stereocenters. The number of fused-ring (bicyclic) bond motifs is 2. The number of para-hydroxylation sites is 1. The van der Waals surface area contributed by atoms with Gasteiger partial charge in [0.15, 0.2) is 0 Å². The first kappa shape index (κ1) is 22.6. The molecular weight excluding hydrogens is 449 g/mol. The average molecular weight is 474 g/mol. The highest BCUT2D eigenvalue weighted by Gasteiger charge is 2.30. The van der Waals surface area contributed by atoms with Gasteiger partial charge < -0.3 is 14.6 Å². The summed E-state index contributed by atoms with van der Waals surface area (Å²) in [5.41, 5.74) is 3.08. The van der Waals surface area contributed by atoms with Crippen LogP contribution in [0.3, 0.4) is 0 Å². The van der Waals surface area contributed by atoms with Crippen molar-refractivity contribution in [3.05, 3.63) is 70.4 Å². The Kier molecular flexibility index (Phi) is 6.74. The number of H-pyrrole nitrogens is 1. The lowest BCUT2D eigenvalue weighted by molar-refractivity contribution is 0.0353. The van der Waals surface area contributed by atoms with Crippen molar-refractivity contribution >= 4 is 46.8 Å². The van der Waals surface area contributed by atoms with Gasteiger partial charge in [-0.1, -0.05) is 41.9 Å². The summed E-state index contributed by atoms with van der Waals surface area (Å²) in [6, 6.07) is 15.2. The molecule has 3 heterocycles. The Morgan fingerprint density at radius 2 is 1.88 bits per heavy atom. The van der Waals surface area contributed by atoms with E-state index in [0.29, 0.717) is 29.4 Å². The van der Waals surface area contributed by atoms with Crippen LogP contribution in [0.2, 0.25) is 5.02 Å². The van der Waals surface area contributed by atoms with Gasteiger partial charge in [-0.05, 0) is 37.6 Å². The van der Waals surface area contributed by atoms with E-state index in [1.54, 1.807) is 0 Å². The number of hydrogen-bond acceptors (Lipinski definition) is 4. The maximum Gasteiger partial charge on any atom is 0.339 e. The molecule has 5 rings (SSSR count). The van der Waals surface area contributed by atoms with Crippen LogP contribution in [-0.4, -0.2) is 59.4 Å². The Morgan fingerprint density at radius 1 is 1.09 bits per heavy atom. The van der Waals surface area contributed by atoms with Crippen LogP contribution >= 0.6 is 24.0 Å². The molecule has 8 heteroatoms. The first-order chi connectivity index (χ1) is 15.1. The number of halogens is 2. The summed E-state index contributed by atoms with van der Waals surface area (Å²) in [4.78, 5) is 32.3. The van der Waals surface area contributed by atoms with Gasteiger partial charge in [0.1, 0.15) is 11.8 Å². The number of carbonyl (C=O) groups excluding carboxylic acids is 2. The Labute approximate surface area is 197 Å². The van der Waals surface area contributed by atoms with Gasteiger partial charge in [0, 0.05) is 37.1 Å². The van der Waals surface area contributed by atoms with Gasteiger partial charge in [-0.15, -0.1) is 12.4 Å². The Bertz CT molecular complexity index is 1140. The minimum Gasteiger partial charge on any atom is -0.454 e. The lowest BCUT2D eigenvalue weighted by atomic mass is 10.0. The predicted molar refractivity (Wildman–Crippen MR) is 127 cm³/mol. The molecule has 2 aliphatic heterocycles. The smallest absolute Gasteiger partial charge is 0.339 e. The molecule has 0 radical (unpaired) electrons. The molecule has 168 valence electrons. The van der Waals surface area contributed by atoms with Crippen LogP contribution in [0.5, 0.6) is 0 Å². The zero-order valence-corrected chi connectivity index (χ0v) is 19.1. The monoisotopic (exact) mass is 473 g/mol. The van der Waals surface area contributed by atoms with Crippen LogP contribution < -0.4 is 0 Å². The molecule has 1 N–H and O–H groups in total. The first-order valence-corrected chi connectivity index (χ1v) is 11.1. The van der Waals surface area contributed by atoms with Gasteiger partial charge >= 0.3 is 5.97 Å². The standard InChI is InChI=1S/C24H24ClN3O3.ClH/c25-19-8-3-5-16-15-20(26-22(16)19)23(29)28-13-11-27(12-14-28)10-4-9-21-17-6-1-2-7-18(17)24(30)31-21;/h1-3,5-8,15,21,26H,4,9-14H2;1H/t21-;/m0./s1. The molecule has 0 saturated carbocycles. The summed E-state index contributed by atoms with van der Waals surface area (Å²) in [5.74, 6) is -0.201. The van der Waals surface area contributed by atoms with E-state index in [9.17, 15) is 9.59 Å². The topological polar surface area (TPSA) is 65.6 Å². The predicted octanol–water partition coefficient (Wildman–Crippen LogP) is 4.69. The van der Waals surface area contributed by atoms with Crippen molar-refractivity contribution in [2.75, 3.05) is 32.7 Å². The van der Waals surface area contributed by atoms with E-state index in [2.05, 4.69) is 9.88 Å². The fourth-order valence-corrected chi connectivity index (χ4v) is 4.74. The van der Waals surface area contributed by atoms with Gasteiger partial charge in [0.25, 0.3) is 5.91 Å². The van der Waals surface area contributed by atoms with E-state index in [1.807, 2.05) is 53.4 Å². The lowest BCUT2D eigenvalue weighted by Crippen LogP contribution is -2.48. The van der Waals surface area contributed by atoms with E-state index in [0.717, 1.165) is 48.9 Å². The number of aromatic nitrogens is 1. The van der Waals surface area contributed by atoms with Crippen molar-refractivity contribution in [3.63, 3.8) is 0 Å². The maximum absolute atomic E-state index is 12.9. The number of cyclic esters (lactones) is 1. The van der Waals surface area contributed by atoms with Crippen LogP contribution in [0.4, 0.5) is 0 Å².